The van der Waals surface area contributed by atoms with Crippen LogP contribution in [0.25, 0.3) is 0 Å². The van der Waals surface area contributed by atoms with Crippen LogP contribution in [0.4, 0.5) is 10.5 Å². The molecule has 1 aromatic carbocycles. The van der Waals surface area contributed by atoms with Crippen molar-refractivity contribution in [1.29, 1.82) is 0 Å². The van der Waals surface area contributed by atoms with E-state index in [9.17, 15) is 4.79 Å². The highest BCUT2D eigenvalue weighted by molar-refractivity contribution is 5.90. The van der Waals surface area contributed by atoms with Gasteiger partial charge in [0, 0.05) is 19.3 Å². The quantitative estimate of drug-likeness (QED) is 0.731. The molecule has 0 saturated heterocycles. The lowest BCUT2D eigenvalue weighted by atomic mass is 10.2. The summed E-state index contributed by atoms with van der Waals surface area (Å²) < 4.78 is 5.10. The van der Waals surface area contributed by atoms with Gasteiger partial charge in [0.1, 0.15) is 5.69 Å². The normalized spacial score (nSPS) is 10.5. The molecule has 0 unspecified atom stereocenters. The predicted molar refractivity (Wildman–Crippen MR) is 95.2 cm³/mol. The Kier molecular flexibility index (Phi) is 7.04. The highest BCUT2D eigenvalue weighted by atomic mass is 16.5. The average molecular weight is 328 g/mol. The van der Waals surface area contributed by atoms with Crippen LogP contribution >= 0.6 is 0 Å². The number of carbonyl (C=O) groups excluding carboxylic acids is 1. The van der Waals surface area contributed by atoms with Gasteiger partial charge in [0.05, 0.1) is 7.11 Å². The molecule has 2 aromatic rings. The number of amides is 2. The van der Waals surface area contributed by atoms with E-state index in [2.05, 4.69) is 39.7 Å². The first-order valence-corrected chi connectivity index (χ1v) is 7.95. The third-order valence-corrected chi connectivity index (χ3v) is 3.51. The summed E-state index contributed by atoms with van der Waals surface area (Å²) in [4.78, 5) is 18.2. The number of rotatable bonds is 8. The maximum absolute atomic E-state index is 11.9. The monoisotopic (exact) mass is 328 g/mol. The molecular weight excluding hydrogens is 304 g/mol. The second-order valence-electron chi connectivity index (χ2n) is 5.52. The van der Waals surface area contributed by atoms with Gasteiger partial charge in [-0.2, -0.15) is 0 Å². The minimum Gasteiger partial charge on any atom is -0.480 e. The molecule has 2 N–H and O–H groups in total. The van der Waals surface area contributed by atoms with Crippen LogP contribution in [0.15, 0.2) is 48.7 Å². The van der Waals surface area contributed by atoms with Crippen LogP contribution in [0.5, 0.6) is 5.88 Å². The molecule has 6 nitrogen and oxygen atoms in total. The minimum atomic E-state index is -0.257. The molecular formula is C18H24N4O2. The van der Waals surface area contributed by atoms with Crippen molar-refractivity contribution in [3.8, 4) is 5.88 Å². The standard InChI is InChI=1S/C18H24N4O2/c1-22(14-15-8-4-3-5-9-15)13-7-12-20-18(23)21-16-10-6-11-19-17(16)24-2/h3-6,8-11H,7,12-14H2,1-2H3,(H2,20,21,23). The van der Waals surface area contributed by atoms with E-state index >= 15 is 0 Å². The lowest BCUT2D eigenvalue weighted by Gasteiger charge is -2.17. The number of hydrogen-bond acceptors (Lipinski definition) is 4. The lowest BCUT2D eigenvalue weighted by molar-refractivity contribution is 0.250. The van der Waals surface area contributed by atoms with E-state index in [4.69, 9.17) is 4.74 Å². The van der Waals surface area contributed by atoms with Crippen molar-refractivity contribution < 1.29 is 9.53 Å². The summed E-state index contributed by atoms with van der Waals surface area (Å²) >= 11 is 0. The smallest absolute Gasteiger partial charge is 0.319 e. The van der Waals surface area contributed by atoms with Gasteiger partial charge in [-0.05, 0) is 37.7 Å². The number of aromatic nitrogens is 1. The summed E-state index contributed by atoms with van der Waals surface area (Å²) in [6.45, 7) is 2.42. The minimum absolute atomic E-state index is 0.257. The first-order chi connectivity index (χ1) is 11.7. The largest absolute Gasteiger partial charge is 0.480 e. The van der Waals surface area contributed by atoms with Gasteiger partial charge in [-0.15, -0.1) is 0 Å². The fourth-order valence-electron chi connectivity index (χ4n) is 2.34. The van der Waals surface area contributed by atoms with Gasteiger partial charge < -0.3 is 20.3 Å². The van der Waals surface area contributed by atoms with Gasteiger partial charge in [-0.3, -0.25) is 0 Å². The molecule has 0 bridgehead atoms. The molecule has 0 fully saturated rings. The van der Waals surface area contributed by atoms with Crippen molar-refractivity contribution >= 4 is 11.7 Å². The number of anilines is 1. The Labute approximate surface area is 142 Å². The van der Waals surface area contributed by atoms with Crippen molar-refractivity contribution in [3.63, 3.8) is 0 Å². The number of nitrogens with one attached hydrogen (secondary N) is 2. The molecule has 0 aliphatic carbocycles. The van der Waals surface area contributed by atoms with Gasteiger partial charge >= 0.3 is 6.03 Å². The SMILES string of the molecule is COc1ncccc1NC(=O)NCCCN(C)Cc1ccccc1. The third kappa shape index (κ3) is 5.89. The fraction of sp³-hybridized carbons (Fsp3) is 0.333. The van der Waals surface area contributed by atoms with Crippen molar-refractivity contribution in [2.45, 2.75) is 13.0 Å². The summed E-state index contributed by atoms with van der Waals surface area (Å²) in [5.74, 6) is 0.398. The highest BCUT2D eigenvalue weighted by Gasteiger charge is 2.07. The Bertz CT molecular complexity index is 634. The van der Waals surface area contributed by atoms with E-state index in [0.29, 0.717) is 18.1 Å². The molecule has 6 heteroatoms. The second-order valence-corrected chi connectivity index (χ2v) is 5.52. The molecule has 1 aromatic heterocycles. The van der Waals surface area contributed by atoms with E-state index in [0.717, 1.165) is 19.5 Å². The Balaban J connectivity index is 1.65. The molecule has 0 aliphatic rings. The maximum Gasteiger partial charge on any atom is 0.319 e. The van der Waals surface area contributed by atoms with Crippen molar-refractivity contribution in [2.24, 2.45) is 0 Å². The van der Waals surface area contributed by atoms with Crippen LogP contribution in [0, 0.1) is 0 Å². The number of methoxy groups -OCH3 is 1. The van der Waals surface area contributed by atoms with Crippen molar-refractivity contribution in [2.75, 3.05) is 32.6 Å². The summed E-state index contributed by atoms with van der Waals surface area (Å²) in [6, 6.07) is 13.6. The molecule has 1 heterocycles. The van der Waals surface area contributed by atoms with E-state index in [1.807, 2.05) is 18.2 Å². The zero-order valence-electron chi connectivity index (χ0n) is 14.2. The lowest BCUT2D eigenvalue weighted by Crippen LogP contribution is -2.31. The van der Waals surface area contributed by atoms with Crippen LogP contribution in [-0.2, 0) is 6.54 Å². The Morgan fingerprint density at radius 1 is 1.21 bits per heavy atom. The first-order valence-electron chi connectivity index (χ1n) is 7.95. The number of ether oxygens (including phenoxy) is 1. The van der Waals surface area contributed by atoms with Crippen LogP contribution in [0.1, 0.15) is 12.0 Å². The Morgan fingerprint density at radius 3 is 2.75 bits per heavy atom. The topological polar surface area (TPSA) is 66.5 Å². The number of benzene rings is 1. The molecule has 0 saturated carbocycles. The zero-order chi connectivity index (χ0) is 17.2. The molecule has 0 atom stereocenters. The van der Waals surface area contributed by atoms with Gasteiger partial charge in [0.2, 0.25) is 5.88 Å². The predicted octanol–water partition coefficient (Wildman–Crippen LogP) is 2.73. The first kappa shape index (κ1) is 17.7. The van der Waals surface area contributed by atoms with E-state index in [-0.39, 0.29) is 6.03 Å². The van der Waals surface area contributed by atoms with E-state index in [1.54, 1.807) is 18.3 Å². The second kappa shape index (κ2) is 9.52. The van der Waals surface area contributed by atoms with Gasteiger partial charge in [0.25, 0.3) is 0 Å². The van der Waals surface area contributed by atoms with Crippen molar-refractivity contribution in [3.05, 3.63) is 54.2 Å². The Morgan fingerprint density at radius 2 is 2.00 bits per heavy atom. The maximum atomic E-state index is 11.9. The Hall–Kier alpha value is -2.60. The van der Waals surface area contributed by atoms with Crippen LogP contribution < -0.4 is 15.4 Å². The number of hydrogen-bond donors (Lipinski definition) is 2. The average Bonchev–Trinajstić information content (AvgIpc) is 2.60. The number of nitrogens with zero attached hydrogens (tertiary/aromatic N) is 2. The highest BCUT2D eigenvalue weighted by Crippen LogP contribution is 2.19. The van der Waals surface area contributed by atoms with Crippen LogP contribution in [0.2, 0.25) is 0 Å². The number of urea groups is 1. The van der Waals surface area contributed by atoms with Crippen molar-refractivity contribution in [1.82, 2.24) is 15.2 Å². The summed E-state index contributed by atoms with van der Waals surface area (Å²) in [6.07, 6.45) is 2.49. The summed E-state index contributed by atoms with van der Waals surface area (Å²) in [5, 5.41) is 5.58. The molecule has 2 amide bonds. The fourth-order valence-corrected chi connectivity index (χ4v) is 2.34. The molecule has 0 spiro atoms. The third-order valence-electron chi connectivity index (χ3n) is 3.51. The van der Waals surface area contributed by atoms with Gasteiger partial charge in [-0.25, -0.2) is 9.78 Å². The number of pyridine rings is 1. The molecule has 0 aliphatic heterocycles. The molecule has 2 rings (SSSR count). The van der Waals surface area contributed by atoms with E-state index in [1.165, 1.54) is 12.7 Å². The van der Waals surface area contributed by atoms with Crippen LogP contribution in [0.3, 0.4) is 0 Å². The van der Waals surface area contributed by atoms with Gasteiger partial charge in [0.15, 0.2) is 0 Å². The molecule has 0 radical (unpaired) electrons. The van der Waals surface area contributed by atoms with E-state index < -0.39 is 0 Å². The van der Waals surface area contributed by atoms with Crippen LogP contribution in [-0.4, -0.2) is 43.2 Å². The molecule has 128 valence electrons. The zero-order valence-corrected chi connectivity index (χ0v) is 14.2. The molecule has 24 heavy (non-hydrogen) atoms. The number of carbonyl (C=O) groups is 1. The summed E-state index contributed by atoms with van der Waals surface area (Å²) in [5.41, 5.74) is 1.84. The van der Waals surface area contributed by atoms with Gasteiger partial charge in [-0.1, -0.05) is 30.3 Å². The summed E-state index contributed by atoms with van der Waals surface area (Å²) in [7, 11) is 3.60.